The molecule has 3 rings (SSSR count). The number of nitrogens with one attached hydrogen (secondary N) is 2. The molecule has 0 fully saturated rings. The number of urea groups is 1. The number of anilines is 1. The molecular weight excluding hydrogens is 436 g/mol. The van der Waals surface area contributed by atoms with Gasteiger partial charge in [-0.1, -0.05) is 24.3 Å². The summed E-state index contributed by atoms with van der Waals surface area (Å²) in [6.07, 6.45) is -0.964. The Hall–Kier alpha value is -3.75. The van der Waals surface area contributed by atoms with Crippen molar-refractivity contribution >= 4 is 11.7 Å². The van der Waals surface area contributed by atoms with E-state index in [4.69, 9.17) is 18.9 Å². The van der Waals surface area contributed by atoms with Crippen molar-refractivity contribution in [3.05, 3.63) is 83.4 Å². The van der Waals surface area contributed by atoms with Gasteiger partial charge in [0.15, 0.2) is 0 Å². The van der Waals surface area contributed by atoms with Crippen LogP contribution in [0.5, 0.6) is 17.2 Å². The third kappa shape index (κ3) is 7.13. The minimum Gasteiger partial charge on any atom is -0.497 e. The molecule has 1 unspecified atom stereocenters. The van der Waals surface area contributed by atoms with E-state index in [2.05, 4.69) is 10.6 Å². The van der Waals surface area contributed by atoms with Crippen LogP contribution in [-0.4, -0.2) is 39.0 Å². The van der Waals surface area contributed by atoms with Crippen LogP contribution in [0.15, 0.2) is 66.7 Å². The number of aliphatic hydroxyl groups excluding tert-OH is 1. The van der Waals surface area contributed by atoms with Crippen molar-refractivity contribution in [3.8, 4) is 17.2 Å². The fourth-order valence-corrected chi connectivity index (χ4v) is 3.32. The van der Waals surface area contributed by atoms with Gasteiger partial charge < -0.3 is 34.7 Å². The van der Waals surface area contributed by atoms with Crippen molar-refractivity contribution < 1.29 is 28.8 Å². The van der Waals surface area contributed by atoms with Crippen LogP contribution in [-0.2, 0) is 18.0 Å². The van der Waals surface area contributed by atoms with Gasteiger partial charge in [-0.2, -0.15) is 0 Å². The van der Waals surface area contributed by atoms with Gasteiger partial charge in [-0.25, -0.2) is 4.79 Å². The third-order valence-corrected chi connectivity index (χ3v) is 5.13. The maximum absolute atomic E-state index is 12.4. The molecule has 8 nitrogen and oxygen atoms in total. The number of benzene rings is 3. The van der Waals surface area contributed by atoms with Gasteiger partial charge in [0.2, 0.25) is 0 Å². The normalized spacial score (nSPS) is 11.4. The fraction of sp³-hybridized carbons (Fsp3) is 0.269. The van der Waals surface area contributed by atoms with Gasteiger partial charge >= 0.3 is 6.03 Å². The third-order valence-electron chi connectivity index (χ3n) is 5.13. The van der Waals surface area contributed by atoms with Gasteiger partial charge in [-0.3, -0.25) is 0 Å². The van der Waals surface area contributed by atoms with E-state index in [9.17, 15) is 9.90 Å². The number of methoxy groups -OCH3 is 3. The Bertz CT molecular complexity index is 1070. The van der Waals surface area contributed by atoms with Crippen LogP contribution in [0.25, 0.3) is 0 Å². The first-order chi connectivity index (χ1) is 16.5. The zero-order valence-corrected chi connectivity index (χ0v) is 19.5. The number of ether oxygens (including phenoxy) is 4. The number of carbonyl (C=O) groups excluding carboxylic acids is 1. The first-order valence-electron chi connectivity index (χ1n) is 10.8. The van der Waals surface area contributed by atoms with Crippen LogP contribution in [0.4, 0.5) is 10.5 Å². The molecule has 0 saturated carbocycles. The maximum Gasteiger partial charge on any atom is 0.319 e. The monoisotopic (exact) mass is 466 g/mol. The summed E-state index contributed by atoms with van der Waals surface area (Å²) in [5.41, 5.74) is 3.11. The van der Waals surface area contributed by atoms with E-state index >= 15 is 0 Å². The molecule has 0 spiro atoms. The fourth-order valence-electron chi connectivity index (χ4n) is 3.32. The van der Waals surface area contributed by atoms with Gasteiger partial charge in [-0.15, -0.1) is 0 Å². The van der Waals surface area contributed by atoms with Crippen molar-refractivity contribution in [2.24, 2.45) is 0 Å². The summed E-state index contributed by atoms with van der Waals surface area (Å²) >= 11 is 0. The van der Waals surface area contributed by atoms with E-state index in [0.29, 0.717) is 36.0 Å². The average Bonchev–Trinajstić information content (AvgIpc) is 2.87. The predicted octanol–water partition coefficient (Wildman–Crippen LogP) is 4.28. The summed E-state index contributed by atoms with van der Waals surface area (Å²) in [5, 5.41) is 16.0. The van der Waals surface area contributed by atoms with Crippen molar-refractivity contribution in [1.29, 1.82) is 0 Å². The molecule has 3 N–H and O–H groups in total. The first kappa shape index (κ1) is 24.9. The lowest BCUT2D eigenvalue weighted by molar-refractivity contribution is 0.107. The lowest BCUT2D eigenvalue weighted by atomic mass is 10.1. The lowest BCUT2D eigenvalue weighted by Crippen LogP contribution is -2.32. The van der Waals surface area contributed by atoms with Crippen molar-refractivity contribution in [1.82, 2.24) is 5.32 Å². The molecule has 0 heterocycles. The molecule has 1 atom stereocenters. The number of aliphatic hydroxyl groups is 1. The lowest BCUT2D eigenvalue weighted by Gasteiger charge is -2.17. The number of carbonyl (C=O) groups is 1. The quantitative estimate of drug-likeness (QED) is 0.390. The minimum absolute atomic E-state index is 0.0000238. The molecule has 0 bridgehead atoms. The van der Waals surface area contributed by atoms with Crippen molar-refractivity contribution in [2.75, 3.05) is 33.2 Å². The molecule has 0 saturated heterocycles. The molecule has 2 amide bonds. The Labute approximate surface area is 199 Å². The van der Waals surface area contributed by atoms with E-state index in [1.807, 2.05) is 42.5 Å². The molecule has 8 heteroatoms. The molecule has 3 aromatic rings. The van der Waals surface area contributed by atoms with Crippen LogP contribution < -0.4 is 24.8 Å². The van der Waals surface area contributed by atoms with Gasteiger partial charge in [-0.05, 0) is 53.6 Å². The van der Waals surface area contributed by atoms with Gasteiger partial charge in [0.05, 0.1) is 34.5 Å². The Morgan fingerprint density at radius 3 is 2.26 bits per heavy atom. The second kappa shape index (κ2) is 12.5. The minimum atomic E-state index is -0.964. The molecule has 180 valence electrons. The Morgan fingerprint density at radius 2 is 1.56 bits per heavy atom. The van der Waals surface area contributed by atoms with Crippen molar-refractivity contribution in [3.63, 3.8) is 0 Å². The number of hydrogen-bond donors (Lipinski definition) is 3. The van der Waals surface area contributed by atoms with Crippen LogP contribution in [0, 0.1) is 0 Å². The van der Waals surface area contributed by atoms with Crippen LogP contribution in [0.2, 0.25) is 0 Å². The predicted molar refractivity (Wildman–Crippen MR) is 129 cm³/mol. The molecule has 0 aliphatic rings. The van der Waals surface area contributed by atoms with Gasteiger partial charge in [0.25, 0.3) is 0 Å². The van der Waals surface area contributed by atoms with Gasteiger partial charge in [0, 0.05) is 17.8 Å². The summed E-state index contributed by atoms with van der Waals surface area (Å²) in [7, 11) is 4.70. The average molecular weight is 467 g/mol. The van der Waals surface area contributed by atoms with E-state index in [1.54, 1.807) is 38.5 Å². The van der Waals surface area contributed by atoms with E-state index in [1.165, 1.54) is 7.11 Å². The molecular formula is C26H30N2O6. The number of amides is 2. The molecule has 3 aromatic carbocycles. The summed E-state index contributed by atoms with van der Waals surface area (Å²) < 4.78 is 21.4. The van der Waals surface area contributed by atoms with Gasteiger partial charge in [0.1, 0.15) is 23.4 Å². The molecule has 0 aliphatic heterocycles. The standard InChI is InChI=1S/C26H30N2O6/c1-31-21-9-7-18(8-10-21)16-34-17-19-5-4-6-20(13-19)28-26(30)27-15-24(29)23-14-22(32-2)11-12-25(23)33-3/h4-14,24,29H,15-17H2,1-3H3,(H2,27,28,30). The van der Waals surface area contributed by atoms with Crippen LogP contribution in [0.1, 0.15) is 22.8 Å². The highest BCUT2D eigenvalue weighted by Gasteiger charge is 2.16. The first-order valence-corrected chi connectivity index (χ1v) is 10.8. The molecule has 34 heavy (non-hydrogen) atoms. The van der Waals surface area contributed by atoms with Crippen LogP contribution >= 0.6 is 0 Å². The smallest absolute Gasteiger partial charge is 0.319 e. The van der Waals surface area contributed by atoms with E-state index < -0.39 is 12.1 Å². The maximum atomic E-state index is 12.4. The molecule has 0 aliphatic carbocycles. The highest BCUT2D eigenvalue weighted by Crippen LogP contribution is 2.29. The SMILES string of the molecule is COc1ccc(COCc2cccc(NC(=O)NCC(O)c3cc(OC)ccc3OC)c2)cc1. The second-order valence-electron chi connectivity index (χ2n) is 7.50. The largest absolute Gasteiger partial charge is 0.497 e. The van der Waals surface area contributed by atoms with Crippen LogP contribution in [0.3, 0.4) is 0 Å². The Morgan fingerprint density at radius 1 is 0.853 bits per heavy atom. The molecule has 0 aromatic heterocycles. The highest BCUT2D eigenvalue weighted by molar-refractivity contribution is 5.89. The van der Waals surface area contributed by atoms with E-state index in [-0.39, 0.29) is 6.54 Å². The summed E-state index contributed by atoms with van der Waals surface area (Å²) in [6.45, 7) is 0.866. The number of rotatable bonds is 11. The molecule has 0 radical (unpaired) electrons. The summed E-state index contributed by atoms with van der Waals surface area (Å²) in [5.74, 6) is 1.90. The van der Waals surface area contributed by atoms with E-state index in [0.717, 1.165) is 16.9 Å². The zero-order chi connectivity index (χ0) is 24.3. The van der Waals surface area contributed by atoms with Crippen molar-refractivity contribution in [2.45, 2.75) is 19.3 Å². The Balaban J connectivity index is 1.49. The summed E-state index contributed by atoms with van der Waals surface area (Å²) in [4.78, 5) is 12.4. The number of hydrogen-bond acceptors (Lipinski definition) is 6. The second-order valence-corrected chi connectivity index (χ2v) is 7.50. The summed E-state index contributed by atoms with van der Waals surface area (Å²) in [6, 6.07) is 19.8. The Kier molecular flexibility index (Phi) is 9.13. The topological polar surface area (TPSA) is 98.3 Å². The zero-order valence-electron chi connectivity index (χ0n) is 19.5. The highest BCUT2D eigenvalue weighted by atomic mass is 16.5.